The lowest BCUT2D eigenvalue weighted by atomic mass is 9.68. The minimum Gasteiger partial charge on any atom is -0.496 e. The molecular weight excluding hydrogens is 317 g/mol. The molecule has 0 unspecified atom stereocenters. The minimum atomic E-state index is -0.794. The third-order valence-electron chi connectivity index (χ3n) is 5.18. The van der Waals surface area contributed by atoms with E-state index >= 15 is 0 Å². The Kier molecular flexibility index (Phi) is 5.07. The van der Waals surface area contributed by atoms with Crippen molar-refractivity contribution < 1.29 is 13.9 Å². The number of carbonyl (C=O) groups excluding carboxylic acids is 1. The summed E-state index contributed by atoms with van der Waals surface area (Å²) < 4.78 is 19.7. The van der Waals surface area contributed by atoms with Crippen molar-refractivity contribution in [2.45, 2.75) is 44.4 Å². The van der Waals surface area contributed by atoms with Crippen LogP contribution in [0.15, 0.2) is 42.5 Å². The molecule has 0 saturated heterocycles. The SMILES string of the molecule is COc1ccc(NC(=O)C2(c3ccccc3F)CCCCC2)cc1C. The van der Waals surface area contributed by atoms with Crippen LogP contribution in [0, 0.1) is 12.7 Å². The fourth-order valence-corrected chi connectivity index (χ4v) is 3.83. The number of nitrogens with one attached hydrogen (secondary N) is 1. The van der Waals surface area contributed by atoms with Gasteiger partial charge in [-0.2, -0.15) is 0 Å². The molecule has 0 radical (unpaired) electrons. The highest BCUT2D eigenvalue weighted by atomic mass is 19.1. The number of halogens is 1. The molecule has 1 fully saturated rings. The van der Waals surface area contributed by atoms with E-state index < -0.39 is 5.41 Å². The van der Waals surface area contributed by atoms with Crippen molar-refractivity contribution in [2.24, 2.45) is 0 Å². The predicted molar refractivity (Wildman–Crippen MR) is 97.5 cm³/mol. The molecule has 2 aromatic carbocycles. The molecule has 0 aliphatic heterocycles. The molecule has 1 amide bonds. The van der Waals surface area contributed by atoms with Crippen LogP contribution >= 0.6 is 0 Å². The number of carbonyl (C=O) groups is 1. The summed E-state index contributed by atoms with van der Waals surface area (Å²) in [5.74, 6) is 0.354. The number of hydrogen-bond acceptors (Lipinski definition) is 2. The monoisotopic (exact) mass is 341 g/mol. The van der Waals surface area contributed by atoms with Gasteiger partial charge in [0, 0.05) is 11.3 Å². The van der Waals surface area contributed by atoms with Gasteiger partial charge in [0.1, 0.15) is 11.6 Å². The van der Waals surface area contributed by atoms with Gasteiger partial charge in [0.25, 0.3) is 0 Å². The highest BCUT2D eigenvalue weighted by Crippen LogP contribution is 2.41. The molecule has 1 saturated carbocycles. The lowest BCUT2D eigenvalue weighted by Crippen LogP contribution is -2.42. The van der Waals surface area contributed by atoms with E-state index in [1.165, 1.54) is 6.07 Å². The summed E-state index contributed by atoms with van der Waals surface area (Å²) in [5.41, 5.74) is 1.38. The van der Waals surface area contributed by atoms with Gasteiger partial charge in [-0.3, -0.25) is 4.79 Å². The third kappa shape index (κ3) is 3.39. The molecule has 1 aliphatic carbocycles. The first-order valence-corrected chi connectivity index (χ1v) is 8.78. The fourth-order valence-electron chi connectivity index (χ4n) is 3.83. The number of anilines is 1. The van der Waals surface area contributed by atoms with E-state index in [-0.39, 0.29) is 11.7 Å². The standard InChI is InChI=1S/C21H24FNO2/c1-15-14-16(10-11-19(15)25-2)23-20(24)21(12-6-3-7-13-21)17-8-4-5-9-18(17)22/h4-5,8-11,14H,3,6-7,12-13H2,1-2H3,(H,23,24). The zero-order valence-corrected chi connectivity index (χ0v) is 14.8. The van der Waals surface area contributed by atoms with Gasteiger partial charge in [-0.15, -0.1) is 0 Å². The molecule has 1 N–H and O–H groups in total. The van der Waals surface area contributed by atoms with E-state index in [1.54, 1.807) is 25.3 Å². The Morgan fingerprint density at radius 1 is 1.12 bits per heavy atom. The van der Waals surface area contributed by atoms with Gasteiger partial charge >= 0.3 is 0 Å². The molecule has 3 rings (SSSR count). The Labute approximate surface area is 148 Å². The molecular formula is C21H24FNO2. The largest absolute Gasteiger partial charge is 0.496 e. The first-order chi connectivity index (χ1) is 12.1. The highest BCUT2D eigenvalue weighted by molar-refractivity contribution is 5.99. The van der Waals surface area contributed by atoms with Gasteiger partial charge in [-0.25, -0.2) is 4.39 Å². The van der Waals surface area contributed by atoms with Crippen molar-refractivity contribution in [3.05, 3.63) is 59.4 Å². The Morgan fingerprint density at radius 3 is 2.48 bits per heavy atom. The topological polar surface area (TPSA) is 38.3 Å². The van der Waals surface area contributed by atoms with E-state index in [2.05, 4.69) is 5.32 Å². The molecule has 0 atom stereocenters. The van der Waals surface area contributed by atoms with Crippen molar-refractivity contribution in [1.29, 1.82) is 0 Å². The lowest BCUT2D eigenvalue weighted by Gasteiger charge is -2.36. The number of rotatable bonds is 4. The van der Waals surface area contributed by atoms with Crippen LogP contribution in [0.5, 0.6) is 5.75 Å². The van der Waals surface area contributed by atoms with E-state index in [0.717, 1.165) is 30.6 Å². The molecule has 0 aromatic heterocycles. The summed E-state index contributed by atoms with van der Waals surface area (Å²) >= 11 is 0. The summed E-state index contributed by atoms with van der Waals surface area (Å²) in [6.07, 6.45) is 4.31. The number of hydrogen-bond donors (Lipinski definition) is 1. The van der Waals surface area contributed by atoms with E-state index in [9.17, 15) is 9.18 Å². The Hall–Kier alpha value is -2.36. The molecule has 1 aliphatic rings. The van der Waals surface area contributed by atoms with Gasteiger partial charge in [-0.1, -0.05) is 37.5 Å². The molecule has 0 spiro atoms. The average Bonchev–Trinajstić information content (AvgIpc) is 2.63. The van der Waals surface area contributed by atoms with Crippen molar-refractivity contribution in [3.8, 4) is 5.75 Å². The number of aryl methyl sites for hydroxylation is 1. The van der Waals surface area contributed by atoms with E-state index in [0.29, 0.717) is 24.1 Å². The highest BCUT2D eigenvalue weighted by Gasteiger charge is 2.42. The van der Waals surface area contributed by atoms with Crippen LogP contribution in [0.2, 0.25) is 0 Å². The van der Waals surface area contributed by atoms with E-state index in [1.807, 2.05) is 25.1 Å². The van der Waals surface area contributed by atoms with Crippen LogP contribution in [0.3, 0.4) is 0 Å². The minimum absolute atomic E-state index is 0.123. The zero-order valence-electron chi connectivity index (χ0n) is 14.8. The molecule has 3 nitrogen and oxygen atoms in total. The second-order valence-electron chi connectivity index (χ2n) is 6.76. The summed E-state index contributed by atoms with van der Waals surface area (Å²) in [4.78, 5) is 13.2. The fraction of sp³-hybridized carbons (Fsp3) is 0.381. The molecule has 0 bridgehead atoms. The zero-order chi connectivity index (χ0) is 17.9. The molecule has 4 heteroatoms. The van der Waals surface area contributed by atoms with Gasteiger partial charge in [0.15, 0.2) is 0 Å². The maximum absolute atomic E-state index is 14.5. The van der Waals surface area contributed by atoms with Crippen molar-refractivity contribution in [2.75, 3.05) is 12.4 Å². The summed E-state index contributed by atoms with van der Waals surface area (Å²) in [6.45, 7) is 1.93. The number of amides is 1. The van der Waals surface area contributed by atoms with Gasteiger partial charge in [0.05, 0.1) is 12.5 Å². The summed E-state index contributed by atoms with van der Waals surface area (Å²) in [6, 6.07) is 12.2. The number of ether oxygens (including phenoxy) is 1. The molecule has 2 aromatic rings. The third-order valence-corrected chi connectivity index (χ3v) is 5.18. The van der Waals surface area contributed by atoms with Crippen LogP contribution in [-0.4, -0.2) is 13.0 Å². The maximum atomic E-state index is 14.5. The van der Waals surface area contributed by atoms with Gasteiger partial charge in [0.2, 0.25) is 5.91 Å². The van der Waals surface area contributed by atoms with Crippen LogP contribution < -0.4 is 10.1 Å². The number of methoxy groups -OCH3 is 1. The van der Waals surface area contributed by atoms with Crippen LogP contribution in [0.4, 0.5) is 10.1 Å². The quantitative estimate of drug-likeness (QED) is 0.851. The summed E-state index contributed by atoms with van der Waals surface area (Å²) in [7, 11) is 1.62. The van der Waals surface area contributed by atoms with Crippen LogP contribution in [0.25, 0.3) is 0 Å². The van der Waals surface area contributed by atoms with Crippen molar-refractivity contribution in [3.63, 3.8) is 0 Å². The first kappa shape index (κ1) is 17.5. The van der Waals surface area contributed by atoms with E-state index in [4.69, 9.17) is 4.74 Å². The maximum Gasteiger partial charge on any atom is 0.235 e. The molecule has 132 valence electrons. The average molecular weight is 341 g/mol. The van der Waals surface area contributed by atoms with Crippen LogP contribution in [-0.2, 0) is 10.2 Å². The Morgan fingerprint density at radius 2 is 1.84 bits per heavy atom. The molecule has 25 heavy (non-hydrogen) atoms. The first-order valence-electron chi connectivity index (χ1n) is 8.78. The van der Waals surface area contributed by atoms with Gasteiger partial charge in [-0.05, 0) is 49.6 Å². The Balaban J connectivity index is 1.93. The van der Waals surface area contributed by atoms with Crippen molar-refractivity contribution in [1.82, 2.24) is 0 Å². The molecule has 0 heterocycles. The second-order valence-corrected chi connectivity index (χ2v) is 6.76. The number of benzene rings is 2. The lowest BCUT2D eigenvalue weighted by molar-refractivity contribution is -0.122. The van der Waals surface area contributed by atoms with Gasteiger partial charge < -0.3 is 10.1 Å². The second kappa shape index (κ2) is 7.26. The van der Waals surface area contributed by atoms with Crippen LogP contribution in [0.1, 0.15) is 43.2 Å². The summed E-state index contributed by atoms with van der Waals surface area (Å²) in [5, 5.41) is 3.01. The smallest absolute Gasteiger partial charge is 0.235 e. The Bertz CT molecular complexity index is 766. The predicted octanol–water partition coefficient (Wildman–Crippen LogP) is 4.98. The normalized spacial score (nSPS) is 16.3. The van der Waals surface area contributed by atoms with Crippen molar-refractivity contribution >= 4 is 11.6 Å².